The maximum atomic E-state index is 12.3. The van der Waals surface area contributed by atoms with Gasteiger partial charge in [-0.15, -0.1) is 0 Å². The highest BCUT2D eigenvalue weighted by Crippen LogP contribution is 2.29. The Morgan fingerprint density at radius 3 is 2.96 bits per heavy atom. The van der Waals surface area contributed by atoms with E-state index < -0.39 is 0 Å². The van der Waals surface area contributed by atoms with E-state index in [1.807, 2.05) is 31.2 Å². The van der Waals surface area contributed by atoms with Crippen LogP contribution in [0.1, 0.15) is 16.8 Å². The lowest BCUT2D eigenvalue weighted by molar-refractivity contribution is -0.115. The topological polar surface area (TPSA) is 68.0 Å². The molecule has 0 spiro atoms. The fraction of sp³-hybridized carbons (Fsp3) is 0.167. The molecule has 0 unspecified atom stereocenters. The minimum absolute atomic E-state index is 0.150. The van der Waals surface area contributed by atoms with Gasteiger partial charge in [-0.1, -0.05) is 34.7 Å². The molecule has 2 aromatic carbocycles. The Bertz CT molecular complexity index is 1060. The number of carbonyl (C=O) groups is 1. The van der Waals surface area contributed by atoms with Crippen LogP contribution in [0.4, 0.5) is 5.13 Å². The Hall–Kier alpha value is -2.73. The van der Waals surface area contributed by atoms with Gasteiger partial charge in [-0.3, -0.25) is 4.79 Å². The molecule has 0 saturated heterocycles. The lowest BCUT2D eigenvalue weighted by Gasteiger charge is -1.99. The van der Waals surface area contributed by atoms with Gasteiger partial charge in [-0.2, -0.15) is 0 Å². The molecule has 4 aromatic rings. The molecule has 0 radical (unpaired) electrons. The highest BCUT2D eigenvalue weighted by molar-refractivity contribution is 7.22. The van der Waals surface area contributed by atoms with E-state index in [-0.39, 0.29) is 12.3 Å². The number of hydrogen-bond acceptors (Lipinski definition) is 5. The van der Waals surface area contributed by atoms with E-state index in [4.69, 9.17) is 4.52 Å². The van der Waals surface area contributed by atoms with Crippen molar-refractivity contribution >= 4 is 43.6 Å². The van der Waals surface area contributed by atoms with Crippen LogP contribution >= 0.6 is 11.3 Å². The molecule has 120 valence electrons. The van der Waals surface area contributed by atoms with Crippen LogP contribution in [-0.2, 0) is 11.2 Å². The summed E-state index contributed by atoms with van der Waals surface area (Å²) >= 11 is 1.48. The summed E-state index contributed by atoms with van der Waals surface area (Å²) in [5, 5.41) is 8.33. The molecule has 0 aliphatic carbocycles. The molecule has 24 heavy (non-hydrogen) atoms. The van der Waals surface area contributed by atoms with Crippen LogP contribution < -0.4 is 5.32 Å². The van der Waals surface area contributed by atoms with Gasteiger partial charge < -0.3 is 9.84 Å². The molecule has 2 aromatic heterocycles. The standard InChI is InChI=1S/C18H15N3O2S/c1-10-7-11(2)17-15(8-10)24-18(20-17)19-16(22)9-13-12-5-3-4-6-14(12)23-21-13/h3-8H,9H2,1-2H3,(H,19,20,22). The number of carbonyl (C=O) groups excluding carboxylic acids is 1. The molecule has 6 heteroatoms. The molecule has 5 nitrogen and oxygen atoms in total. The number of anilines is 1. The van der Waals surface area contributed by atoms with Crippen LogP contribution in [0.15, 0.2) is 40.9 Å². The van der Waals surface area contributed by atoms with Crippen molar-refractivity contribution in [3.05, 3.63) is 53.2 Å². The summed E-state index contributed by atoms with van der Waals surface area (Å²) in [4.78, 5) is 16.9. The van der Waals surface area contributed by atoms with Crippen LogP contribution in [0.5, 0.6) is 0 Å². The second-order valence-corrected chi connectivity index (χ2v) is 6.83. The molecule has 2 heterocycles. The lowest BCUT2D eigenvalue weighted by Crippen LogP contribution is -2.14. The fourth-order valence-corrected chi connectivity index (χ4v) is 3.86. The number of nitrogens with one attached hydrogen (secondary N) is 1. The number of para-hydroxylation sites is 1. The number of aromatic nitrogens is 2. The van der Waals surface area contributed by atoms with Crippen molar-refractivity contribution < 1.29 is 9.32 Å². The zero-order chi connectivity index (χ0) is 16.7. The van der Waals surface area contributed by atoms with Crippen molar-refractivity contribution in [1.29, 1.82) is 0 Å². The third kappa shape index (κ3) is 2.65. The largest absolute Gasteiger partial charge is 0.356 e. The van der Waals surface area contributed by atoms with Gasteiger partial charge in [0.2, 0.25) is 5.91 Å². The second kappa shape index (κ2) is 5.72. The number of thiazole rings is 1. The Balaban J connectivity index is 1.57. The van der Waals surface area contributed by atoms with E-state index in [0.29, 0.717) is 16.4 Å². The average Bonchev–Trinajstić information content (AvgIpc) is 3.12. The number of hydrogen-bond donors (Lipinski definition) is 1. The summed E-state index contributed by atoms with van der Waals surface area (Å²) in [6, 6.07) is 11.7. The molecule has 4 rings (SSSR count). The Morgan fingerprint density at radius 2 is 2.08 bits per heavy atom. The van der Waals surface area contributed by atoms with E-state index in [1.165, 1.54) is 16.9 Å². The van der Waals surface area contributed by atoms with Crippen LogP contribution in [0.2, 0.25) is 0 Å². The molecule has 0 bridgehead atoms. The minimum atomic E-state index is -0.150. The van der Waals surface area contributed by atoms with Crippen molar-refractivity contribution in [3.63, 3.8) is 0 Å². The van der Waals surface area contributed by atoms with Crippen LogP contribution in [0, 0.1) is 13.8 Å². The lowest BCUT2D eigenvalue weighted by atomic mass is 10.1. The van der Waals surface area contributed by atoms with Gasteiger partial charge in [0.15, 0.2) is 10.7 Å². The molecule has 0 aliphatic rings. The number of benzene rings is 2. The van der Waals surface area contributed by atoms with Crippen molar-refractivity contribution in [1.82, 2.24) is 10.1 Å². The molecule has 0 fully saturated rings. The fourth-order valence-electron chi connectivity index (χ4n) is 2.81. The van der Waals surface area contributed by atoms with Gasteiger partial charge in [0.25, 0.3) is 0 Å². The Labute approximate surface area is 142 Å². The molecular weight excluding hydrogens is 322 g/mol. The summed E-state index contributed by atoms with van der Waals surface area (Å²) in [7, 11) is 0. The number of aryl methyl sites for hydroxylation is 2. The first kappa shape index (κ1) is 14.8. The van der Waals surface area contributed by atoms with Crippen molar-refractivity contribution in [2.45, 2.75) is 20.3 Å². The minimum Gasteiger partial charge on any atom is -0.356 e. The van der Waals surface area contributed by atoms with Gasteiger partial charge in [0.05, 0.1) is 16.6 Å². The van der Waals surface area contributed by atoms with Crippen molar-refractivity contribution in [2.75, 3.05) is 5.32 Å². The first-order valence-electron chi connectivity index (χ1n) is 7.61. The van der Waals surface area contributed by atoms with E-state index in [0.717, 1.165) is 21.2 Å². The zero-order valence-corrected chi connectivity index (χ0v) is 14.1. The molecule has 0 saturated carbocycles. The molecule has 1 amide bonds. The maximum absolute atomic E-state index is 12.3. The normalized spacial score (nSPS) is 11.2. The summed E-state index contributed by atoms with van der Waals surface area (Å²) in [5.41, 5.74) is 4.57. The predicted molar refractivity (Wildman–Crippen MR) is 95.4 cm³/mol. The van der Waals surface area contributed by atoms with Gasteiger partial charge in [0, 0.05) is 5.39 Å². The highest BCUT2D eigenvalue weighted by atomic mass is 32.1. The number of fused-ring (bicyclic) bond motifs is 2. The first-order valence-corrected chi connectivity index (χ1v) is 8.43. The van der Waals surface area contributed by atoms with Crippen molar-refractivity contribution in [3.8, 4) is 0 Å². The summed E-state index contributed by atoms with van der Waals surface area (Å²) in [5.74, 6) is -0.150. The molecular formula is C18H15N3O2S. The second-order valence-electron chi connectivity index (χ2n) is 5.80. The first-order chi connectivity index (χ1) is 11.6. The van der Waals surface area contributed by atoms with Gasteiger partial charge in [-0.25, -0.2) is 4.98 Å². The predicted octanol–water partition coefficient (Wildman–Crippen LogP) is 4.24. The number of nitrogens with zero attached hydrogens (tertiary/aromatic N) is 2. The third-order valence-corrected chi connectivity index (χ3v) is 4.77. The van der Waals surface area contributed by atoms with E-state index in [9.17, 15) is 4.79 Å². The average molecular weight is 337 g/mol. The van der Waals surface area contributed by atoms with E-state index >= 15 is 0 Å². The molecule has 0 aliphatic heterocycles. The summed E-state index contributed by atoms with van der Waals surface area (Å²) in [6.45, 7) is 4.09. The number of rotatable bonds is 3. The van der Waals surface area contributed by atoms with Crippen LogP contribution in [0.25, 0.3) is 21.2 Å². The van der Waals surface area contributed by atoms with Crippen LogP contribution in [-0.4, -0.2) is 16.0 Å². The van der Waals surface area contributed by atoms with Gasteiger partial charge in [-0.05, 0) is 43.2 Å². The molecule has 0 atom stereocenters. The van der Waals surface area contributed by atoms with E-state index in [2.05, 4.69) is 34.5 Å². The molecule has 1 N–H and O–H groups in total. The number of amides is 1. The SMILES string of the molecule is Cc1cc(C)c2nc(NC(=O)Cc3noc4ccccc34)sc2c1. The summed E-state index contributed by atoms with van der Waals surface area (Å²) in [6.07, 6.45) is 0.158. The van der Waals surface area contributed by atoms with Gasteiger partial charge in [0.1, 0.15) is 5.69 Å². The zero-order valence-electron chi connectivity index (χ0n) is 13.3. The monoisotopic (exact) mass is 337 g/mol. The highest BCUT2D eigenvalue weighted by Gasteiger charge is 2.14. The Kier molecular flexibility index (Phi) is 3.54. The summed E-state index contributed by atoms with van der Waals surface area (Å²) < 4.78 is 6.31. The van der Waals surface area contributed by atoms with Crippen LogP contribution in [0.3, 0.4) is 0 Å². The van der Waals surface area contributed by atoms with E-state index in [1.54, 1.807) is 0 Å². The maximum Gasteiger partial charge on any atom is 0.232 e. The van der Waals surface area contributed by atoms with Crippen molar-refractivity contribution in [2.24, 2.45) is 0 Å². The quantitative estimate of drug-likeness (QED) is 0.607. The Morgan fingerprint density at radius 1 is 1.25 bits per heavy atom. The van der Waals surface area contributed by atoms with Gasteiger partial charge >= 0.3 is 0 Å². The smallest absolute Gasteiger partial charge is 0.232 e. The third-order valence-electron chi connectivity index (χ3n) is 3.86.